The number of nitrogens with one attached hydrogen (secondary N) is 1. The van der Waals surface area contributed by atoms with E-state index in [4.69, 9.17) is 0 Å². The average molecular weight is 415 g/mol. The second-order valence-electron chi connectivity index (χ2n) is 6.23. The first-order valence-corrected chi connectivity index (χ1v) is 11.5. The van der Waals surface area contributed by atoms with E-state index in [1.165, 1.54) is 19.1 Å². The summed E-state index contributed by atoms with van der Waals surface area (Å²) in [6.07, 6.45) is 0. The van der Waals surface area contributed by atoms with Crippen LogP contribution in [0.3, 0.4) is 0 Å². The molecule has 0 spiro atoms. The van der Waals surface area contributed by atoms with Gasteiger partial charge in [-0.15, -0.1) is 0 Å². The van der Waals surface area contributed by atoms with Gasteiger partial charge >= 0.3 is 0 Å². The maximum absolute atomic E-state index is 13.2. The molecule has 0 fully saturated rings. The zero-order valence-corrected chi connectivity index (χ0v) is 17.0. The molecule has 6 nitrogen and oxygen atoms in total. The summed E-state index contributed by atoms with van der Waals surface area (Å²) in [5.74, 6) is -0.705. The first-order chi connectivity index (χ1) is 12.6. The number of hydrogen-bond acceptors (Lipinski definition) is 5. The number of hydrogen-bond donors (Lipinski definition) is 1. The first-order valence-electron chi connectivity index (χ1n) is 8.31. The minimum Gasteiger partial charge on any atom is -0.378 e. The van der Waals surface area contributed by atoms with Crippen molar-refractivity contribution in [3.63, 3.8) is 0 Å². The highest BCUT2D eigenvalue weighted by atomic mass is 32.2. The van der Waals surface area contributed by atoms with Crippen molar-refractivity contribution in [1.29, 1.82) is 0 Å². The van der Waals surface area contributed by atoms with E-state index in [9.17, 15) is 21.2 Å². The Morgan fingerprint density at radius 2 is 1.52 bits per heavy atom. The van der Waals surface area contributed by atoms with E-state index in [-0.39, 0.29) is 17.2 Å². The fourth-order valence-corrected chi connectivity index (χ4v) is 4.88. The van der Waals surface area contributed by atoms with Crippen LogP contribution in [0.2, 0.25) is 0 Å². The van der Waals surface area contributed by atoms with Crippen molar-refractivity contribution in [2.45, 2.75) is 17.1 Å². The molecule has 2 rings (SSSR count). The molecular weight excluding hydrogens is 391 g/mol. The van der Waals surface area contributed by atoms with Crippen molar-refractivity contribution in [2.24, 2.45) is 0 Å². The summed E-state index contributed by atoms with van der Waals surface area (Å²) in [5, 5.41) is -1.14. The molecule has 1 N–H and O–H groups in total. The molecule has 0 amide bonds. The summed E-state index contributed by atoms with van der Waals surface area (Å²) in [6.45, 7) is 1.16. The van der Waals surface area contributed by atoms with Crippen LogP contribution in [0.4, 0.5) is 10.1 Å². The lowest BCUT2D eigenvalue weighted by atomic mass is 10.1. The van der Waals surface area contributed by atoms with Crippen LogP contribution >= 0.6 is 0 Å². The Morgan fingerprint density at radius 3 is 2.00 bits per heavy atom. The summed E-state index contributed by atoms with van der Waals surface area (Å²) in [4.78, 5) is 1.80. The molecule has 27 heavy (non-hydrogen) atoms. The molecule has 0 aromatic heterocycles. The van der Waals surface area contributed by atoms with Crippen LogP contribution in [-0.4, -0.2) is 43.2 Å². The summed E-state index contributed by atoms with van der Waals surface area (Å²) in [6, 6.07) is 11.3. The number of sulfonamides is 1. The van der Waals surface area contributed by atoms with E-state index >= 15 is 0 Å². The Balaban J connectivity index is 2.46. The molecule has 0 bridgehead atoms. The summed E-state index contributed by atoms with van der Waals surface area (Å²) >= 11 is 0. The van der Waals surface area contributed by atoms with Gasteiger partial charge in [0.1, 0.15) is 11.1 Å². The molecule has 1 atom stereocenters. The smallest absolute Gasteiger partial charge is 0.211 e. The van der Waals surface area contributed by atoms with Crippen molar-refractivity contribution >= 4 is 25.5 Å². The normalized spacial score (nSPS) is 13.3. The van der Waals surface area contributed by atoms with Gasteiger partial charge in [0.05, 0.1) is 10.6 Å². The maximum atomic E-state index is 13.2. The van der Waals surface area contributed by atoms with Gasteiger partial charge < -0.3 is 4.90 Å². The van der Waals surface area contributed by atoms with Gasteiger partial charge in [-0.05, 0) is 48.9 Å². The number of anilines is 1. The van der Waals surface area contributed by atoms with Crippen molar-refractivity contribution < 1.29 is 21.2 Å². The van der Waals surface area contributed by atoms with E-state index in [1.54, 1.807) is 24.3 Å². The van der Waals surface area contributed by atoms with Crippen LogP contribution in [0.25, 0.3) is 0 Å². The molecule has 0 aliphatic heterocycles. The Hall–Kier alpha value is -1.97. The zero-order valence-electron chi connectivity index (χ0n) is 15.4. The average Bonchev–Trinajstić information content (AvgIpc) is 2.62. The molecule has 2 aromatic rings. The minimum absolute atomic E-state index is 0.0683. The lowest BCUT2D eigenvalue weighted by molar-refractivity contribution is 0.569. The third-order valence-electron chi connectivity index (χ3n) is 4.17. The topological polar surface area (TPSA) is 83.6 Å². The van der Waals surface area contributed by atoms with E-state index in [0.717, 1.165) is 17.8 Å². The van der Waals surface area contributed by atoms with Gasteiger partial charge in [-0.2, -0.15) is 0 Å². The second kappa shape index (κ2) is 8.37. The van der Waals surface area contributed by atoms with Gasteiger partial charge in [-0.25, -0.2) is 25.9 Å². The highest BCUT2D eigenvalue weighted by molar-refractivity contribution is 7.92. The molecule has 9 heteroatoms. The molecule has 0 saturated heterocycles. The third kappa shape index (κ3) is 5.27. The van der Waals surface area contributed by atoms with Crippen LogP contribution in [0.5, 0.6) is 0 Å². The predicted molar refractivity (Wildman–Crippen MR) is 105 cm³/mol. The number of nitrogens with zero attached hydrogens (tertiary/aromatic N) is 1. The van der Waals surface area contributed by atoms with Crippen LogP contribution in [0.15, 0.2) is 53.4 Å². The van der Waals surface area contributed by atoms with E-state index < -0.39 is 30.9 Å². The standard InChI is InChI=1S/C18H23FN2O4S2/c1-4-26(22,23)20-13-18(14-5-9-16(10-6-14)21(2)3)27(24,25)17-11-7-15(19)8-12-17/h5-12,18,20H,4,13H2,1-3H3/t18-/m0/s1. The van der Waals surface area contributed by atoms with Crippen molar-refractivity contribution in [3.05, 3.63) is 59.9 Å². The summed E-state index contributed by atoms with van der Waals surface area (Å²) < 4.78 is 65.4. The number of halogens is 1. The van der Waals surface area contributed by atoms with Crippen molar-refractivity contribution in [2.75, 3.05) is 31.3 Å². The zero-order chi connectivity index (χ0) is 20.2. The molecule has 0 radical (unpaired) electrons. The van der Waals surface area contributed by atoms with Gasteiger partial charge in [0.15, 0.2) is 9.84 Å². The molecule has 148 valence electrons. The maximum Gasteiger partial charge on any atom is 0.211 e. The Kier molecular flexibility index (Phi) is 6.61. The molecule has 2 aromatic carbocycles. The molecular formula is C18H23FN2O4S2. The molecule has 0 unspecified atom stereocenters. The van der Waals surface area contributed by atoms with E-state index in [2.05, 4.69) is 4.72 Å². The van der Waals surface area contributed by atoms with Gasteiger partial charge in [0.25, 0.3) is 0 Å². The molecule has 0 saturated carbocycles. The number of benzene rings is 2. The Morgan fingerprint density at radius 1 is 0.963 bits per heavy atom. The lowest BCUT2D eigenvalue weighted by Gasteiger charge is -2.20. The monoisotopic (exact) mass is 414 g/mol. The highest BCUT2D eigenvalue weighted by Gasteiger charge is 2.30. The summed E-state index contributed by atoms with van der Waals surface area (Å²) in [7, 11) is -3.80. The fraction of sp³-hybridized carbons (Fsp3) is 0.333. The van der Waals surface area contributed by atoms with Crippen molar-refractivity contribution in [1.82, 2.24) is 4.72 Å². The van der Waals surface area contributed by atoms with Crippen LogP contribution < -0.4 is 9.62 Å². The van der Waals surface area contributed by atoms with Crippen LogP contribution in [-0.2, 0) is 19.9 Å². The van der Waals surface area contributed by atoms with Gasteiger partial charge in [-0.1, -0.05) is 12.1 Å². The Labute approximate surface area is 160 Å². The SMILES string of the molecule is CCS(=O)(=O)NC[C@@H](c1ccc(N(C)C)cc1)S(=O)(=O)c1ccc(F)cc1. The van der Waals surface area contributed by atoms with Gasteiger partial charge in [-0.3, -0.25) is 0 Å². The number of rotatable bonds is 8. The predicted octanol–water partition coefficient (Wildman–Crippen LogP) is 2.35. The molecule has 0 heterocycles. The van der Waals surface area contributed by atoms with Gasteiger partial charge in [0, 0.05) is 26.3 Å². The van der Waals surface area contributed by atoms with Gasteiger partial charge in [0.2, 0.25) is 10.0 Å². The highest BCUT2D eigenvalue weighted by Crippen LogP contribution is 2.30. The summed E-state index contributed by atoms with van der Waals surface area (Å²) in [5.41, 5.74) is 1.33. The van der Waals surface area contributed by atoms with Crippen LogP contribution in [0.1, 0.15) is 17.7 Å². The largest absolute Gasteiger partial charge is 0.378 e. The van der Waals surface area contributed by atoms with E-state index in [1.807, 2.05) is 19.0 Å². The lowest BCUT2D eigenvalue weighted by Crippen LogP contribution is -2.33. The second-order valence-corrected chi connectivity index (χ2v) is 10.5. The van der Waals surface area contributed by atoms with Crippen molar-refractivity contribution in [3.8, 4) is 0 Å². The minimum atomic E-state index is -3.94. The fourth-order valence-electron chi connectivity index (χ4n) is 2.49. The molecule has 0 aliphatic carbocycles. The Bertz CT molecular complexity index is 971. The third-order valence-corrected chi connectivity index (χ3v) is 7.65. The quantitative estimate of drug-likeness (QED) is 0.671. The van der Waals surface area contributed by atoms with Crippen LogP contribution in [0, 0.1) is 5.82 Å². The number of sulfone groups is 1. The first kappa shape index (κ1) is 21.3. The van der Waals surface area contributed by atoms with E-state index in [0.29, 0.717) is 5.56 Å². The molecule has 0 aliphatic rings.